The highest BCUT2D eigenvalue weighted by atomic mass is 16.5. The van der Waals surface area contributed by atoms with Gasteiger partial charge in [-0.3, -0.25) is 4.79 Å². The summed E-state index contributed by atoms with van der Waals surface area (Å²) in [6, 6.07) is 1.64. The Kier molecular flexibility index (Phi) is 4.08. The third-order valence-corrected chi connectivity index (χ3v) is 2.37. The second-order valence-corrected chi connectivity index (χ2v) is 3.88. The maximum absolute atomic E-state index is 11.0. The predicted molar refractivity (Wildman–Crippen MR) is 70.8 cm³/mol. The largest absolute Gasteiger partial charge is 0.467 e. The zero-order valence-corrected chi connectivity index (χ0v) is 11.2. The fraction of sp³-hybridized carbons (Fsp3) is 0.364. The van der Waals surface area contributed by atoms with Crippen molar-refractivity contribution in [1.82, 2.24) is 24.7 Å². The van der Waals surface area contributed by atoms with Crippen LogP contribution in [0, 0.1) is 0 Å². The number of carbonyl (C=O) groups excluding carboxylic acids is 1. The topological polar surface area (TPSA) is 121 Å². The lowest BCUT2D eigenvalue weighted by Gasteiger charge is -2.07. The van der Waals surface area contributed by atoms with E-state index in [1.807, 2.05) is 6.92 Å². The van der Waals surface area contributed by atoms with Crippen LogP contribution in [0.5, 0.6) is 6.01 Å². The Hall–Kier alpha value is -2.71. The molecule has 2 heterocycles. The molecule has 0 bridgehead atoms. The summed E-state index contributed by atoms with van der Waals surface area (Å²) in [7, 11) is 1.46. The average molecular weight is 277 g/mol. The smallest absolute Gasteiger partial charge is 0.322 e. The van der Waals surface area contributed by atoms with E-state index >= 15 is 0 Å². The van der Waals surface area contributed by atoms with E-state index in [2.05, 4.69) is 25.4 Å². The van der Waals surface area contributed by atoms with Gasteiger partial charge in [0.25, 0.3) is 11.9 Å². The van der Waals surface area contributed by atoms with Crippen LogP contribution < -0.4 is 15.8 Å². The van der Waals surface area contributed by atoms with Crippen molar-refractivity contribution in [2.75, 3.05) is 19.0 Å². The molecule has 9 nitrogen and oxygen atoms in total. The Bertz CT molecular complexity index is 611. The standard InChI is InChI=1S/C11H15N7O2/c1-3-5-13-9-14-10(16-11(15-9)20-2)18-6-4-7(17-18)8(12)19/h4,6H,3,5H2,1-2H3,(H2,12,19)(H,13,14,15,16). The van der Waals surface area contributed by atoms with Crippen LogP contribution in [0.25, 0.3) is 5.95 Å². The molecule has 2 rings (SSSR count). The van der Waals surface area contributed by atoms with E-state index in [9.17, 15) is 4.79 Å². The van der Waals surface area contributed by atoms with Crippen molar-refractivity contribution in [3.05, 3.63) is 18.0 Å². The van der Waals surface area contributed by atoms with Crippen LogP contribution in [0.15, 0.2) is 12.3 Å². The van der Waals surface area contributed by atoms with Crippen molar-refractivity contribution >= 4 is 11.9 Å². The number of methoxy groups -OCH3 is 1. The van der Waals surface area contributed by atoms with E-state index in [1.54, 1.807) is 6.20 Å². The summed E-state index contributed by atoms with van der Waals surface area (Å²) in [5.41, 5.74) is 5.28. The number of hydrogen-bond donors (Lipinski definition) is 2. The number of amides is 1. The number of nitrogens with two attached hydrogens (primary N) is 1. The van der Waals surface area contributed by atoms with Gasteiger partial charge in [-0.2, -0.15) is 20.1 Å². The van der Waals surface area contributed by atoms with Crippen molar-refractivity contribution in [3.63, 3.8) is 0 Å². The minimum Gasteiger partial charge on any atom is -0.467 e. The highest BCUT2D eigenvalue weighted by Gasteiger charge is 2.11. The monoisotopic (exact) mass is 277 g/mol. The average Bonchev–Trinajstić information content (AvgIpc) is 2.94. The van der Waals surface area contributed by atoms with Gasteiger partial charge in [0.1, 0.15) is 5.69 Å². The second-order valence-electron chi connectivity index (χ2n) is 3.88. The molecule has 2 aromatic heterocycles. The molecule has 0 aromatic carbocycles. The zero-order chi connectivity index (χ0) is 14.5. The lowest BCUT2D eigenvalue weighted by molar-refractivity contribution is 0.0995. The van der Waals surface area contributed by atoms with Gasteiger partial charge in [-0.1, -0.05) is 6.92 Å². The number of hydrogen-bond acceptors (Lipinski definition) is 7. The van der Waals surface area contributed by atoms with Crippen LogP contribution in [-0.4, -0.2) is 44.3 Å². The molecule has 0 saturated carbocycles. The summed E-state index contributed by atoms with van der Waals surface area (Å²) >= 11 is 0. The summed E-state index contributed by atoms with van der Waals surface area (Å²) in [6.45, 7) is 2.75. The summed E-state index contributed by atoms with van der Waals surface area (Å²) in [4.78, 5) is 23.4. The van der Waals surface area contributed by atoms with Gasteiger partial charge in [0.15, 0.2) is 0 Å². The lowest BCUT2D eigenvalue weighted by atomic mass is 10.4. The Balaban J connectivity index is 2.35. The van der Waals surface area contributed by atoms with Gasteiger partial charge in [-0.25, -0.2) is 4.68 Å². The molecular weight excluding hydrogens is 262 g/mol. The maximum Gasteiger partial charge on any atom is 0.322 e. The van der Waals surface area contributed by atoms with Crippen LogP contribution in [0.4, 0.5) is 5.95 Å². The Labute approximate surface area is 115 Å². The molecule has 0 fully saturated rings. The number of ether oxygens (including phenoxy) is 1. The minimum absolute atomic E-state index is 0.132. The summed E-state index contributed by atoms with van der Waals surface area (Å²) in [5.74, 6) is 0.00174. The van der Waals surface area contributed by atoms with Crippen molar-refractivity contribution < 1.29 is 9.53 Å². The van der Waals surface area contributed by atoms with Crippen molar-refractivity contribution in [2.24, 2.45) is 5.73 Å². The molecule has 0 aliphatic carbocycles. The van der Waals surface area contributed by atoms with Crippen molar-refractivity contribution in [1.29, 1.82) is 0 Å². The maximum atomic E-state index is 11.0. The summed E-state index contributed by atoms with van der Waals surface area (Å²) < 4.78 is 6.35. The van der Waals surface area contributed by atoms with E-state index in [4.69, 9.17) is 10.5 Å². The lowest BCUT2D eigenvalue weighted by Crippen LogP contribution is -2.14. The normalized spacial score (nSPS) is 10.3. The fourth-order valence-corrected chi connectivity index (χ4v) is 1.42. The van der Waals surface area contributed by atoms with Gasteiger partial charge in [0, 0.05) is 12.7 Å². The number of primary amides is 1. The van der Waals surface area contributed by atoms with Gasteiger partial charge >= 0.3 is 6.01 Å². The van der Waals surface area contributed by atoms with Crippen molar-refractivity contribution in [2.45, 2.75) is 13.3 Å². The third-order valence-electron chi connectivity index (χ3n) is 2.37. The Morgan fingerprint density at radius 3 is 2.85 bits per heavy atom. The van der Waals surface area contributed by atoms with Crippen LogP contribution >= 0.6 is 0 Å². The Morgan fingerprint density at radius 2 is 2.25 bits per heavy atom. The van der Waals surface area contributed by atoms with E-state index < -0.39 is 5.91 Å². The van der Waals surface area contributed by atoms with E-state index in [0.717, 1.165) is 13.0 Å². The molecule has 0 saturated heterocycles. The first-order chi connectivity index (χ1) is 9.63. The van der Waals surface area contributed by atoms with Crippen molar-refractivity contribution in [3.8, 4) is 12.0 Å². The van der Waals surface area contributed by atoms with Crippen LogP contribution in [0.2, 0.25) is 0 Å². The van der Waals surface area contributed by atoms with E-state index in [0.29, 0.717) is 5.95 Å². The molecule has 0 aliphatic rings. The first kappa shape index (κ1) is 13.7. The van der Waals surface area contributed by atoms with Crippen LogP contribution in [-0.2, 0) is 0 Å². The minimum atomic E-state index is -0.617. The number of nitrogens with zero attached hydrogens (tertiary/aromatic N) is 5. The molecule has 2 aromatic rings. The molecule has 0 spiro atoms. The highest BCUT2D eigenvalue weighted by Crippen LogP contribution is 2.10. The number of nitrogens with one attached hydrogen (secondary N) is 1. The van der Waals surface area contributed by atoms with Gasteiger partial charge in [-0.05, 0) is 12.5 Å². The van der Waals surface area contributed by atoms with Gasteiger partial charge in [0.05, 0.1) is 7.11 Å². The number of carbonyl (C=O) groups is 1. The number of rotatable bonds is 6. The molecule has 0 unspecified atom stereocenters. The number of anilines is 1. The number of aromatic nitrogens is 5. The van der Waals surface area contributed by atoms with Gasteiger partial charge in [0.2, 0.25) is 5.95 Å². The quantitative estimate of drug-likeness (QED) is 0.761. The van der Waals surface area contributed by atoms with Gasteiger partial charge < -0.3 is 15.8 Å². The van der Waals surface area contributed by atoms with Gasteiger partial charge in [-0.15, -0.1) is 0 Å². The van der Waals surface area contributed by atoms with Crippen LogP contribution in [0.3, 0.4) is 0 Å². The van der Waals surface area contributed by atoms with Crippen LogP contribution in [0.1, 0.15) is 23.8 Å². The molecule has 106 valence electrons. The predicted octanol–water partition coefficient (Wildman–Crippen LogP) is -0.0133. The molecule has 0 atom stereocenters. The molecule has 20 heavy (non-hydrogen) atoms. The zero-order valence-electron chi connectivity index (χ0n) is 11.2. The van der Waals surface area contributed by atoms with E-state index in [1.165, 1.54) is 17.9 Å². The summed E-state index contributed by atoms with van der Waals surface area (Å²) in [5, 5.41) is 7.02. The molecule has 0 aliphatic heterocycles. The fourth-order valence-electron chi connectivity index (χ4n) is 1.42. The van der Waals surface area contributed by atoms with E-state index in [-0.39, 0.29) is 17.7 Å². The first-order valence-electron chi connectivity index (χ1n) is 6.03. The molecule has 0 radical (unpaired) electrons. The second kappa shape index (κ2) is 5.95. The molecule has 1 amide bonds. The Morgan fingerprint density at radius 1 is 1.45 bits per heavy atom. The first-order valence-corrected chi connectivity index (χ1v) is 6.03. The summed E-state index contributed by atoms with van der Waals surface area (Å²) in [6.07, 6.45) is 2.47. The highest BCUT2D eigenvalue weighted by molar-refractivity contribution is 5.90. The molecular formula is C11H15N7O2. The molecule has 9 heteroatoms. The SMILES string of the molecule is CCCNc1nc(OC)nc(-n2ccc(C(N)=O)n2)n1. The third kappa shape index (κ3) is 2.99. The molecule has 3 N–H and O–H groups in total.